The van der Waals surface area contributed by atoms with E-state index >= 15 is 0 Å². The number of nitrogens with two attached hydrogens (primary N) is 1. The number of ether oxygens (including phenoxy) is 2. The van der Waals surface area contributed by atoms with Gasteiger partial charge in [-0.15, -0.1) is 0 Å². The molecule has 0 radical (unpaired) electrons. The Balaban J connectivity index is 1.31. The van der Waals surface area contributed by atoms with Gasteiger partial charge in [-0.1, -0.05) is 12.1 Å². The topological polar surface area (TPSA) is 102 Å². The molecule has 9 heteroatoms. The highest BCUT2D eigenvalue weighted by Crippen LogP contribution is 2.21. The Labute approximate surface area is 188 Å². The van der Waals surface area contributed by atoms with Crippen LogP contribution in [-0.4, -0.2) is 60.3 Å². The average Bonchev–Trinajstić information content (AvgIpc) is 2.83. The normalized spacial score (nSPS) is 14.2. The summed E-state index contributed by atoms with van der Waals surface area (Å²) < 4.78 is 10.4. The molecule has 32 heavy (non-hydrogen) atoms. The van der Waals surface area contributed by atoms with E-state index in [0.29, 0.717) is 24.9 Å². The fraction of sp³-hybridized carbons (Fsp3) is 0.348. The number of nitrogen functional groups attached to an aromatic ring is 1. The van der Waals surface area contributed by atoms with Crippen molar-refractivity contribution in [1.82, 2.24) is 19.9 Å². The number of piperazine rings is 1. The molecular weight excluding hydrogens is 406 g/mol. The van der Waals surface area contributed by atoms with Crippen molar-refractivity contribution < 1.29 is 9.47 Å². The molecule has 1 fully saturated rings. The lowest BCUT2D eigenvalue weighted by atomic mass is 10.2. The molecule has 0 unspecified atom stereocenters. The molecule has 3 aromatic rings. The first-order chi connectivity index (χ1) is 15.6. The second kappa shape index (κ2) is 10.1. The van der Waals surface area contributed by atoms with Gasteiger partial charge in [-0.2, -0.15) is 15.0 Å². The van der Waals surface area contributed by atoms with Crippen LogP contribution >= 0.6 is 0 Å². The van der Waals surface area contributed by atoms with Gasteiger partial charge in [0.1, 0.15) is 17.3 Å². The second-order valence-corrected chi connectivity index (χ2v) is 7.60. The summed E-state index contributed by atoms with van der Waals surface area (Å²) in [5.74, 6) is 3.08. The summed E-state index contributed by atoms with van der Waals surface area (Å²) in [4.78, 5) is 17.8. The van der Waals surface area contributed by atoms with Crippen molar-refractivity contribution in [3.8, 4) is 11.5 Å². The summed E-state index contributed by atoms with van der Waals surface area (Å²) in [6, 6.07) is 16.0. The predicted octanol–water partition coefficient (Wildman–Crippen LogP) is 2.41. The van der Waals surface area contributed by atoms with Crippen LogP contribution in [0.15, 0.2) is 48.5 Å². The maximum absolute atomic E-state index is 5.94. The fourth-order valence-corrected chi connectivity index (χ4v) is 3.67. The van der Waals surface area contributed by atoms with Crippen molar-refractivity contribution in [2.24, 2.45) is 0 Å². The number of hydrogen-bond acceptors (Lipinski definition) is 9. The Hall–Kier alpha value is -3.59. The molecular formula is C23H29N7O2. The van der Waals surface area contributed by atoms with Gasteiger partial charge in [0.15, 0.2) is 0 Å². The van der Waals surface area contributed by atoms with E-state index in [2.05, 4.69) is 42.2 Å². The maximum Gasteiger partial charge on any atom is 0.228 e. The van der Waals surface area contributed by atoms with Crippen molar-refractivity contribution >= 4 is 17.6 Å². The van der Waals surface area contributed by atoms with Crippen molar-refractivity contribution in [2.45, 2.75) is 13.1 Å². The standard InChI is InChI=1S/C23H29N7O2/c1-31-19-7-3-17(4-8-19)15-25-23-27-21(26-22(24)28-23)16-29-11-13-30(14-12-29)18-5-9-20(32-2)10-6-18/h3-10H,11-16H2,1-2H3,(H3,24,25,26,27,28). The Kier molecular flexibility index (Phi) is 6.86. The number of hydrogen-bond donors (Lipinski definition) is 2. The lowest BCUT2D eigenvalue weighted by molar-refractivity contribution is 0.244. The fourth-order valence-electron chi connectivity index (χ4n) is 3.67. The molecule has 0 atom stereocenters. The van der Waals surface area contributed by atoms with E-state index in [9.17, 15) is 0 Å². The van der Waals surface area contributed by atoms with Crippen LogP contribution in [0.25, 0.3) is 0 Å². The van der Waals surface area contributed by atoms with Crippen LogP contribution in [0.5, 0.6) is 11.5 Å². The van der Waals surface area contributed by atoms with Gasteiger partial charge in [-0.05, 0) is 42.0 Å². The van der Waals surface area contributed by atoms with Crippen LogP contribution < -0.4 is 25.4 Å². The van der Waals surface area contributed by atoms with Gasteiger partial charge in [0.2, 0.25) is 11.9 Å². The molecule has 0 saturated carbocycles. The minimum absolute atomic E-state index is 0.226. The SMILES string of the molecule is COc1ccc(CNc2nc(N)nc(CN3CCN(c4ccc(OC)cc4)CC3)n2)cc1. The molecule has 2 aromatic carbocycles. The number of benzene rings is 2. The first-order valence-electron chi connectivity index (χ1n) is 10.6. The van der Waals surface area contributed by atoms with Crippen molar-refractivity contribution in [2.75, 3.05) is 56.3 Å². The molecule has 1 aromatic heterocycles. The zero-order chi connectivity index (χ0) is 22.3. The Morgan fingerprint density at radius 2 is 1.47 bits per heavy atom. The van der Waals surface area contributed by atoms with Crippen LogP contribution in [0.3, 0.4) is 0 Å². The summed E-state index contributed by atoms with van der Waals surface area (Å²) in [6.45, 7) is 4.96. The van der Waals surface area contributed by atoms with Gasteiger partial charge in [-0.3, -0.25) is 4.90 Å². The molecule has 0 bridgehead atoms. The third-order valence-electron chi connectivity index (χ3n) is 5.48. The van der Waals surface area contributed by atoms with Gasteiger partial charge in [0.25, 0.3) is 0 Å². The summed E-state index contributed by atoms with van der Waals surface area (Å²) in [7, 11) is 3.34. The molecule has 1 saturated heterocycles. The Morgan fingerprint density at radius 3 is 2.09 bits per heavy atom. The highest BCUT2D eigenvalue weighted by Gasteiger charge is 2.19. The number of methoxy groups -OCH3 is 2. The second-order valence-electron chi connectivity index (χ2n) is 7.60. The quantitative estimate of drug-likeness (QED) is 0.552. The van der Waals surface area contributed by atoms with Crippen LogP contribution in [0, 0.1) is 0 Å². The van der Waals surface area contributed by atoms with E-state index in [1.165, 1.54) is 5.69 Å². The molecule has 4 rings (SSSR count). The number of nitrogens with zero attached hydrogens (tertiary/aromatic N) is 5. The smallest absolute Gasteiger partial charge is 0.228 e. The van der Waals surface area contributed by atoms with Crippen LogP contribution in [-0.2, 0) is 13.1 Å². The number of anilines is 3. The molecule has 2 heterocycles. The van der Waals surface area contributed by atoms with Gasteiger partial charge in [-0.25, -0.2) is 0 Å². The number of rotatable bonds is 8. The van der Waals surface area contributed by atoms with E-state index in [-0.39, 0.29) is 5.95 Å². The van der Waals surface area contributed by atoms with E-state index in [1.54, 1.807) is 14.2 Å². The summed E-state index contributed by atoms with van der Waals surface area (Å²) in [6.07, 6.45) is 0. The Bertz CT molecular complexity index is 1000. The molecule has 168 valence electrons. The van der Waals surface area contributed by atoms with Crippen molar-refractivity contribution in [3.63, 3.8) is 0 Å². The summed E-state index contributed by atoms with van der Waals surface area (Å²) in [5, 5.41) is 3.23. The Morgan fingerprint density at radius 1 is 0.844 bits per heavy atom. The lowest BCUT2D eigenvalue weighted by Crippen LogP contribution is -2.46. The third-order valence-corrected chi connectivity index (χ3v) is 5.48. The summed E-state index contributed by atoms with van der Waals surface area (Å²) in [5.41, 5.74) is 8.24. The molecule has 1 aliphatic heterocycles. The van der Waals surface area contributed by atoms with Crippen LogP contribution in [0.2, 0.25) is 0 Å². The highest BCUT2D eigenvalue weighted by molar-refractivity contribution is 5.49. The maximum atomic E-state index is 5.94. The number of nitrogens with one attached hydrogen (secondary N) is 1. The third kappa shape index (κ3) is 5.55. The first-order valence-corrected chi connectivity index (χ1v) is 10.6. The molecule has 0 aliphatic carbocycles. The van der Waals surface area contributed by atoms with Gasteiger partial charge < -0.3 is 25.4 Å². The molecule has 0 amide bonds. The van der Waals surface area contributed by atoms with Crippen LogP contribution in [0.1, 0.15) is 11.4 Å². The molecule has 9 nitrogen and oxygen atoms in total. The van der Waals surface area contributed by atoms with E-state index in [4.69, 9.17) is 15.2 Å². The van der Waals surface area contributed by atoms with E-state index in [0.717, 1.165) is 43.2 Å². The lowest BCUT2D eigenvalue weighted by Gasteiger charge is -2.35. The van der Waals surface area contributed by atoms with Crippen LogP contribution in [0.4, 0.5) is 17.6 Å². The molecule has 0 spiro atoms. The zero-order valence-electron chi connectivity index (χ0n) is 18.5. The first kappa shape index (κ1) is 21.6. The highest BCUT2D eigenvalue weighted by atomic mass is 16.5. The molecule has 3 N–H and O–H groups in total. The van der Waals surface area contributed by atoms with E-state index < -0.39 is 0 Å². The van der Waals surface area contributed by atoms with Gasteiger partial charge in [0, 0.05) is 38.4 Å². The minimum atomic E-state index is 0.226. The monoisotopic (exact) mass is 435 g/mol. The van der Waals surface area contributed by atoms with Crippen molar-refractivity contribution in [3.05, 3.63) is 59.9 Å². The molecule has 1 aliphatic rings. The summed E-state index contributed by atoms with van der Waals surface area (Å²) >= 11 is 0. The zero-order valence-corrected chi connectivity index (χ0v) is 18.5. The predicted molar refractivity (Wildman–Crippen MR) is 125 cm³/mol. The largest absolute Gasteiger partial charge is 0.497 e. The average molecular weight is 436 g/mol. The van der Waals surface area contributed by atoms with E-state index in [1.807, 2.05) is 36.4 Å². The van der Waals surface area contributed by atoms with Gasteiger partial charge in [0.05, 0.1) is 20.8 Å². The van der Waals surface area contributed by atoms with Crippen molar-refractivity contribution in [1.29, 1.82) is 0 Å². The number of aromatic nitrogens is 3. The van der Waals surface area contributed by atoms with Gasteiger partial charge >= 0.3 is 0 Å². The minimum Gasteiger partial charge on any atom is -0.497 e.